The Morgan fingerprint density at radius 1 is 1.33 bits per heavy atom. The molecule has 0 aliphatic rings. The Labute approximate surface area is 105 Å². The van der Waals surface area contributed by atoms with Crippen molar-refractivity contribution in [1.29, 1.82) is 0 Å². The molecular formula is C12H17F2N3O. The second-order valence-corrected chi connectivity index (χ2v) is 3.20. The van der Waals surface area contributed by atoms with Crippen LogP contribution in [-0.4, -0.2) is 18.0 Å². The number of carbonyl (C=O) groups is 1. The molecule has 0 saturated carbocycles. The number of nitrogens with two attached hydrogens (primary N) is 2. The van der Waals surface area contributed by atoms with Crippen LogP contribution in [0.3, 0.4) is 0 Å². The first kappa shape index (κ1) is 16.1. The van der Waals surface area contributed by atoms with E-state index in [4.69, 9.17) is 11.6 Å². The molecule has 1 aromatic rings. The van der Waals surface area contributed by atoms with E-state index >= 15 is 0 Å². The van der Waals surface area contributed by atoms with Gasteiger partial charge in [0.1, 0.15) is 0 Å². The number of hydrazine groups is 1. The van der Waals surface area contributed by atoms with Crippen LogP contribution in [0.5, 0.6) is 0 Å². The number of rotatable bonds is 2. The van der Waals surface area contributed by atoms with Crippen molar-refractivity contribution in [2.45, 2.75) is 13.8 Å². The third kappa shape index (κ3) is 4.50. The van der Waals surface area contributed by atoms with E-state index in [0.717, 1.165) is 5.01 Å². The van der Waals surface area contributed by atoms with Crippen LogP contribution in [0.25, 0.3) is 6.08 Å². The van der Waals surface area contributed by atoms with Crippen molar-refractivity contribution in [2.75, 3.05) is 12.8 Å². The van der Waals surface area contributed by atoms with Gasteiger partial charge in [0.15, 0.2) is 0 Å². The molecule has 0 fully saturated rings. The van der Waals surface area contributed by atoms with Gasteiger partial charge in [0.2, 0.25) is 0 Å². The largest absolute Gasteiger partial charge is 0.398 e. The Kier molecular flexibility index (Phi) is 6.59. The summed E-state index contributed by atoms with van der Waals surface area (Å²) in [5.41, 5.74) is 6.03. The minimum Gasteiger partial charge on any atom is -0.398 e. The second-order valence-electron chi connectivity index (χ2n) is 3.20. The van der Waals surface area contributed by atoms with Crippen molar-refractivity contribution in [2.24, 2.45) is 5.84 Å². The van der Waals surface area contributed by atoms with Gasteiger partial charge in [0.05, 0.1) is 5.56 Å². The van der Waals surface area contributed by atoms with Crippen molar-refractivity contribution in [3.63, 3.8) is 0 Å². The molecule has 0 atom stereocenters. The fourth-order valence-corrected chi connectivity index (χ4v) is 1.16. The number of hydrogen-bond acceptors (Lipinski definition) is 3. The lowest BCUT2D eigenvalue weighted by molar-refractivity contribution is 0.0796. The summed E-state index contributed by atoms with van der Waals surface area (Å²) in [6, 6.07) is 4.04. The van der Waals surface area contributed by atoms with E-state index in [2.05, 4.69) is 0 Å². The first-order valence-corrected chi connectivity index (χ1v) is 5.37. The number of hydrogen-bond donors (Lipinski definition) is 2. The molecule has 6 heteroatoms. The Morgan fingerprint density at radius 3 is 2.33 bits per heavy atom. The lowest BCUT2D eigenvalue weighted by atomic mass is 10.1. The number of nitrogens with zero attached hydrogens (tertiary/aromatic N) is 1. The van der Waals surface area contributed by atoms with Crippen molar-refractivity contribution in [1.82, 2.24) is 5.01 Å². The quantitative estimate of drug-likeness (QED) is 0.370. The van der Waals surface area contributed by atoms with Crippen LogP contribution in [0.15, 0.2) is 24.3 Å². The number of halogens is 2. The van der Waals surface area contributed by atoms with Crippen LogP contribution in [0.2, 0.25) is 0 Å². The number of anilines is 1. The molecule has 100 valence electrons. The van der Waals surface area contributed by atoms with Gasteiger partial charge in [0.25, 0.3) is 12.0 Å². The Balaban J connectivity index is 0.00000137. The molecular weight excluding hydrogens is 240 g/mol. The molecule has 0 saturated heterocycles. The molecule has 18 heavy (non-hydrogen) atoms. The highest BCUT2D eigenvalue weighted by atomic mass is 19.3. The molecule has 0 heterocycles. The minimum absolute atomic E-state index is 0.0972. The number of amides is 1. The van der Waals surface area contributed by atoms with Crippen LogP contribution in [-0.2, 0) is 0 Å². The van der Waals surface area contributed by atoms with E-state index in [1.807, 2.05) is 13.8 Å². The fourth-order valence-electron chi connectivity index (χ4n) is 1.16. The molecule has 1 aromatic carbocycles. The molecule has 0 spiro atoms. The molecule has 4 nitrogen and oxygen atoms in total. The van der Waals surface area contributed by atoms with Gasteiger partial charge >= 0.3 is 0 Å². The monoisotopic (exact) mass is 257 g/mol. The van der Waals surface area contributed by atoms with Crippen molar-refractivity contribution in [3.8, 4) is 0 Å². The van der Waals surface area contributed by atoms with Gasteiger partial charge in [-0.25, -0.2) is 5.84 Å². The van der Waals surface area contributed by atoms with Crippen molar-refractivity contribution in [3.05, 3.63) is 35.4 Å². The molecule has 0 aliphatic carbocycles. The smallest absolute Gasteiger partial charge is 0.270 e. The summed E-state index contributed by atoms with van der Waals surface area (Å²) < 4.78 is 24.0. The normalized spacial score (nSPS) is 9.00. The Hall–Kier alpha value is -1.95. The van der Waals surface area contributed by atoms with Crippen LogP contribution in [0, 0.1) is 0 Å². The summed E-state index contributed by atoms with van der Waals surface area (Å²) in [6.45, 7) is 4.00. The summed E-state index contributed by atoms with van der Waals surface area (Å²) in [5.74, 6) is 4.72. The summed E-state index contributed by atoms with van der Waals surface area (Å²) in [7, 11) is 1.35. The van der Waals surface area contributed by atoms with E-state index in [9.17, 15) is 13.6 Å². The Morgan fingerprint density at radius 2 is 1.89 bits per heavy atom. The van der Waals surface area contributed by atoms with Gasteiger partial charge < -0.3 is 5.73 Å². The van der Waals surface area contributed by atoms with Crippen molar-refractivity contribution < 1.29 is 13.6 Å². The topological polar surface area (TPSA) is 72.3 Å². The summed E-state index contributed by atoms with van der Waals surface area (Å²) >= 11 is 0. The number of carbonyl (C=O) groups excluding carboxylic acids is 1. The highest BCUT2D eigenvalue weighted by Crippen LogP contribution is 2.18. The standard InChI is InChI=1S/C10H11F2N3O.C2H6/c1-15(14)10(16)7-4-6(5-9(11)12)2-3-8(7)13;1-2/h2-5H,13-14H2,1H3;1-2H3. The summed E-state index contributed by atoms with van der Waals surface area (Å²) in [5, 5.41) is 0.838. The van der Waals surface area contributed by atoms with Crippen molar-refractivity contribution >= 4 is 17.7 Å². The third-order valence-corrected chi connectivity index (χ3v) is 1.90. The average molecular weight is 257 g/mol. The van der Waals surface area contributed by atoms with Crippen LogP contribution in [0.4, 0.5) is 14.5 Å². The van der Waals surface area contributed by atoms with Gasteiger partial charge in [-0.3, -0.25) is 9.80 Å². The first-order chi connectivity index (χ1) is 8.41. The molecule has 1 rings (SSSR count). The highest BCUT2D eigenvalue weighted by molar-refractivity contribution is 5.99. The van der Waals surface area contributed by atoms with E-state index in [0.29, 0.717) is 6.08 Å². The van der Waals surface area contributed by atoms with Gasteiger partial charge in [-0.15, -0.1) is 0 Å². The lowest BCUT2D eigenvalue weighted by Gasteiger charge is -2.12. The number of nitrogen functional groups attached to an aromatic ring is 1. The van der Waals surface area contributed by atoms with E-state index in [1.54, 1.807) is 0 Å². The fraction of sp³-hybridized carbons (Fsp3) is 0.250. The molecule has 1 amide bonds. The van der Waals surface area contributed by atoms with E-state index < -0.39 is 12.0 Å². The van der Waals surface area contributed by atoms with E-state index in [1.165, 1.54) is 25.2 Å². The summed E-state index contributed by atoms with van der Waals surface area (Å²) in [4.78, 5) is 11.5. The predicted octanol–water partition coefficient (Wildman–Crippen LogP) is 2.48. The SMILES string of the molecule is CC.CN(N)C(=O)c1cc(C=C(F)F)ccc1N. The zero-order valence-electron chi connectivity index (χ0n) is 10.6. The molecule has 0 unspecified atom stereocenters. The predicted molar refractivity (Wildman–Crippen MR) is 68.7 cm³/mol. The average Bonchev–Trinajstić information content (AvgIpc) is 2.32. The lowest BCUT2D eigenvalue weighted by Crippen LogP contribution is -2.33. The second kappa shape index (κ2) is 7.39. The minimum atomic E-state index is -1.84. The van der Waals surface area contributed by atoms with Crippen LogP contribution >= 0.6 is 0 Å². The molecule has 0 aromatic heterocycles. The number of benzene rings is 1. The molecule has 4 N–H and O–H groups in total. The maximum Gasteiger partial charge on any atom is 0.270 e. The van der Waals surface area contributed by atoms with Gasteiger partial charge in [0, 0.05) is 18.8 Å². The van der Waals surface area contributed by atoms with Gasteiger partial charge in [-0.1, -0.05) is 19.9 Å². The zero-order valence-corrected chi connectivity index (χ0v) is 10.6. The zero-order chi connectivity index (χ0) is 14.3. The van der Waals surface area contributed by atoms with Gasteiger partial charge in [-0.2, -0.15) is 8.78 Å². The first-order valence-electron chi connectivity index (χ1n) is 5.37. The third-order valence-electron chi connectivity index (χ3n) is 1.90. The van der Waals surface area contributed by atoms with E-state index in [-0.39, 0.29) is 16.8 Å². The highest BCUT2D eigenvalue weighted by Gasteiger charge is 2.12. The van der Waals surface area contributed by atoms with Crippen LogP contribution < -0.4 is 11.6 Å². The summed E-state index contributed by atoms with van der Waals surface area (Å²) in [6.07, 6.45) is -1.20. The maximum atomic E-state index is 12.0. The molecule has 0 bridgehead atoms. The maximum absolute atomic E-state index is 12.0. The molecule has 0 radical (unpaired) electrons. The Bertz CT molecular complexity index is 441. The molecule has 0 aliphatic heterocycles. The van der Waals surface area contributed by atoms with Gasteiger partial charge in [-0.05, 0) is 17.7 Å². The van der Waals surface area contributed by atoms with Crippen LogP contribution in [0.1, 0.15) is 29.8 Å².